The van der Waals surface area contributed by atoms with Crippen LogP contribution in [0.3, 0.4) is 0 Å². The smallest absolute Gasteiger partial charge is 0.269 e. The molecule has 0 fully saturated rings. The fourth-order valence-corrected chi connectivity index (χ4v) is 3.41. The quantitative estimate of drug-likeness (QED) is 0.311. The van der Waals surface area contributed by atoms with E-state index < -0.39 is 4.92 Å². The van der Waals surface area contributed by atoms with Gasteiger partial charge in [0.1, 0.15) is 12.4 Å². The summed E-state index contributed by atoms with van der Waals surface area (Å²) in [6.07, 6.45) is 0. The molecule has 1 N–H and O–H groups in total. The third-order valence-corrected chi connectivity index (χ3v) is 5.42. The largest absolute Gasteiger partial charge is 0.497 e. The first-order chi connectivity index (χ1) is 15.0. The average molecular weight is 487 g/mol. The highest BCUT2D eigenvalue weighted by Crippen LogP contribution is 2.34. The molecule has 0 bridgehead atoms. The van der Waals surface area contributed by atoms with Crippen LogP contribution in [0.5, 0.6) is 17.2 Å². The zero-order valence-electron chi connectivity index (χ0n) is 17.3. The Morgan fingerprint density at radius 2 is 1.58 bits per heavy atom. The molecular weight excluding hydrogens is 464 g/mol. The van der Waals surface area contributed by atoms with Gasteiger partial charge in [-0.1, -0.05) is 28.1 Å². The SMILES string of the molecule is COc1ccc(CNCc2cc(OC)c(OCc3ccc([N+](=O)[O-])cc3)cc2Br)cc1. The molecule has 0 aliphatic rings. The van der Waals surface area contributed by atoms with Crippen molar-refractivity contribution in [3.05, 3.63) is 91.9 Å². The van der Waals surface area contributed by atoms with Crippen LogP contribution in [0.25, 0.3) is 0 Å². The number of rotatable bonds is 10. The van der Waals surface area contributed by atoms with E-state index in [1.54, 1.807) is 26.4 Å². The molecule has 3 aromatic rings. The summed E-state index contributed by atoms with van der Waals surface area (Å²) in [4.78, 5) is 10.3. The molecule has 0 atom stereocenters. The van der Waals surface area contributed by atoms with E-state index in [-0.39, 0.29) is 12.3 Å². The van der Waals surface area contributed by atoms with Crippen LogP contribution >= 0.6 is 15.9 Å². The molecule has 31 heavy (non-hydrogen) atoms. The second-order valence-corrected chi connectivity index (χ2v) is 7.61. The molecule has 8 heteroatoms. The number of benzene rings is 3. The van der Waals surface area contributed by atoms with Crippen LogP contribution in [0.4, 0.5) is 5.69 Å². The van der Waals surface area contributed by atoms with Gasteiger partial charge in [0.15, 0.2) is 11.5 Å². The second kappa shape index (κ2) is 10.8. The Balaban J connectivity index is 1.61. The molecule has 0 saturated heterocycles. The number of methoxy groups -OCH3 is 2. The third kappa shape index (κ3) is 6.19. The minimum Gasteiger partial charge on any atom is -0.497 e. The van der Waals surface area contributed by atoms with Crippen molar-refractivity contribution >= 4 is 21.6 Å². The molecule has 7 nitrogen and oxygen atoms in total. The van der Waals surface area contributed by atoms with Crippen molar-refractivity contribution in [2.75, 3.05) is 14.2 Å². The first-order valence-electron chi connectivity index (χ1n) is 9.56. The number of nitrogens with zero attached hydrogens (tertiary/aromatic N) is 1. The van der Waals surface area contributed by atoms with E-state index in [0.717, 1.165) is 33.5 Å². The molecule has 0 radical (unpaired) electrons. The first-order valence-corrected chi connectivity index (χ1v) is 10.4. The highest BCUT2D eigenvalue weighted by molar-refractivity contribution is 9.10. The van der Waals surface area contributed by atoms with Crippen LogP contribution in [0.2, 0.25) is 0 Å². The number of nitro benzene ring substituents is 1. The molecule has 0 saturated carbocycles. The van der Waals surface area contributed by atoms with Crippen molar-refractivity contribution < 1.29 is 19.1 Å². The number of nitrogens with one attached hydrogen (secondary N) is 1. The summed E-state index contributed by atoms with van der Waals surface area (Å²) < 4.78 is 17.5. The van der Waals surface area contributed by atoms with Gasteiger partial charge >= 0.3 is 0 Å². The predicted molar refractivity (Wildman–Crippen MR) is 122 cm³/mol. The molecule has 0 aromatic heterocycles. The maximum absolute atomic E-state index is 10.8. The van der Waals surface area contributed by atoms with E-state index in [0.29, 0.717) is 18.0 Å². The van der Waals surface area contributed by atoms with Gasteiger partial charge in [0.2, 0.25) is 0 Å². The van der Waals surface area contributed by atoms with Gasteiger partial charge in [0.05, 0.1) is 19.1 Å². The lowest BCUT2D eigenvalue weighted by atomic mass is 10.1. The molecule has 0 aliphatic heterocycles. The minimum absolute atomic E-state index is 0.0515. The fourth-order valence-electron chi connectivity index (χ4n) is 2.94. The van der Waals surface area contributed by atoms with Crippen molar-refractivity contribution in [2.45, 2.75) is 19.7 Å². The lowest BCUT2D eigenvalue weighted by Crippen LogP contribution is -2.13. The Kier molecular flexibility index (Phi) is 7.86. The molecule has 3 rings (SSSR count). The van der Waals surface area contributed by atoms with E-state index >= 15 is 0 Å². The van der Waals surface area contributed by atoms with Crippen LogP contribution in [0.15, 0.2) is 65.1 Å². The van der Waals surface area contributed by atoms with Crippen LogP contribution < -0.4 is 19.5 Å². The van der Waals surface area contributed by atoms with Gasteiger partial charge in [0.25, 0.3) is 5.69 Å². The Morgan fingerprint density at radius 3 is 2.19 bits per heavy atom. The number of hydrogen-bond donors (Lipinski definition) is 1. The van der Waals surface area contributed by atoms with Crippen LogP contribution in [-0.4, -0.2) is 19.1 Å². The summed E-state index contributed by atoms with van der Waals surface area (Å²) in [5.74, 6) is 2.04. The summed E-state index contributed by atoms with van der Waals surface area (Å²) in [7, 11) is 3.24. The first kappa shape index (κ1) is 22.6. The van der Waals surface area contributed by atoms with Crippen molar-refractivity contribution in [1.82, 2.24) is 5.32 Å². The highest BCUT2D eigenvalue weighted by atomic mass is 79.9. The van der Waals surface area contributed by atoms with Crippen molar-refractivity contribution in [1.29, 1.82) is 0 Å². The number of hydrogen-bond acceptors (Lipinski definition) is 6. The van der Waals surface area contributed by atoms with Gasteiger partial charge in [-0.2, -0.15) is 0 Å². The van der Waals surface area contributed by atoms with E-state index in [1.165, 1.54) is 12.1 Å². The zero-order valence-corrected chi connectivity index (χ0v) is 18.8. The summed E-state index contributed by atoms with van der Waals surface area (Å²) in [5.41, 5.74) is 3.07. The van der Waals surface area contributed by atoms with Gasteiger partial charge in [-0.05, 0) is 53.1 Å². The van der Waals surface area contributed by atoms with Gasteiger partial charge < -0.3 is 19.5 Å². The van der Waals surface area contributed by atoms with Crippen LogP contribution in [0, 0.1) is 10.1 Å². The number of nitro groups is 1. The maximum atomic E-state index is 10.8. The highest BCUT2D eigenvalue weighted by Gasteiger charge is 2.11. The van der Waals surface area contributed by atoms with Crippen molar-refractivity contribution in [2.24, 2.45) is 0 Å². The zero-order chi connectivity index (χ0) is 22.2. The Hall–Kier alpha value is -3.10. The monoisotopic (exact) mass is 486 g/mol. The number of halogens is 1. The lowest BCUT2D eigenvalue weighted by Gasteiger charge is -2.15. The lowest BCUT2D eigenvalue weighted by molar-refractivity contribution is -0.384. The van der Waals surface area contributed by atoms with Crippen molar-refractivity contribution in [3.63, 3.8) is 0 Å². The van der Waals surface area contributed by atoms with E-state index in [1.807, 2.05) is 36.4 Å². The normalized spacial score (nSPS) is 10.5. The van der Waals surface area contributed by atoms with E-state index in [2.05, 4.69) is 21.2 Å². The maximum Gasteiger partial charge on any atom is 0.269 e. The minimum atomic E-state index is -0.424. The molecule has 3 aromatic carbocycles. The second-order valence-electron chi connectivity index (χ2n) is 6.76. The molecular formula is C23H23BrN2O5. The van der Waals surface area contributed by atoms with E-state index in [9.17, 15) is 10.1 Å². The average Bonchev–Trinajstić information content (AvgIpc) is 2.79. The summed E-state index contributed by atoms with van der Waals surface area (Å²) >= 11 is 3.60. The molecule has 162 valence electrons. The van der Waals surface area contributed by atoms with Crippen LogP contribution in [-0.2, 0) is 19.7 Å². The molecule has 0 unspecified atom stereocenters. The summed E-state index contributed by atoms with van der Waals surface area (Å²) in [5, 5.41) is 14.2. The topological polar surface area (TPSA) is 82.9 Å². The predicted octanol–water partition coefficient (Wildman–Crippen LogP) is 5.24. The van der Waals surface area contributed by atoms with Gasteiger partial charge in [-0.25, -0.2) is 0 Å². The molecule has 0 spiro atoms. The molecule has 0 aliphatic carbocycles. The third-order valence-electron chi connectivity index (χ3n) is 4.68. The number of ether oxygens (including phenoxy) is 3. The van der Waals surface area contributed by atoms with Crippen molar-refractivity contribution in [3.8, 4) is 17.2 Å². The number of non-ortho nitro benzene ring substituents is 1. The molecule has 0 amide bonds. The van der Waals surface area contributed by atoms with E-state index in [4.69, 9.17) is 14.2 Å². The Labute approximate surface area is 189 Å². The van der Waals surface area contributed by atoms with Gasteiger partial charge in [-0.15, -0.1) is 0 Å². The summed E-state index contributed by atoms with van der Waals surface area (Å²) in [6, 6.07) is 18.0. The van der Waals surface area contributed by atoms with Gasteiger partial charge in [-0.3, -0.25) is 10.1 Å². The fraction of sp³-hybridized carbons (Fsp3) is 0.217. The van der Waals surface area contributed by atoms with Gasteiger partial charge in [0, 0.05) is 29.7 Å². The summed E-state index contributed by atoms with van der Waals surface area (Å²) in [6.45, 7) is 1.64. The standard InChI is InChI=1S/C23H23BrN2O5/c1-29-20-9-5-16(6-10-20)13-25-14-18-11-22(30-2)23(12-21(18)24)31-15-17-3-7-19(8-4-17)26(27)28/h3-12,25H,13-15H2,1-2H3. The van der Waals surface area contributed by atoms with Crippen LogP contribution in [0.1, 0.15) is 16.7 Å². The Morgan fingerprint density at radius 1 is 0.903 bits per heavy atom. The Bertz CT molecular complexity index is 1020. The molecule has 0 heterocycles.